The van der Waals surface area contributed by atoms with E-state index >= 15 is 0 Å². The molecule has 0 spiro atoms. The van der Waals surface area contributed by atoms with Crippen LogP contribution in [0.25, 0.3) is 22.0 Å². The first-order chi connectivity index (χ1) is 14.2. The number of nitrogens with one attached hydrogen (secondary N) is 2. The van der Waals surface area contributed by atoms with E-state index in [4.69, 9.17) is 11.6 Å². The number of benzene rings is 2. The van der Waals surface area contributed by atoms with Crippen LogP contribution in [-0.2, 0) is 0 Å². The van der Waals surface area contributed by atoms with Crippen molar-refractivity contribution >= 4 is 28.2 Å². The van der Waals surface area contributed by atoms with Crippen LogP contribution in [0.1, 0.15) is 23.6 Å². The lowest BCUT2D eigenvalue weighted by atomic mass is 9.91. The molecule has 0 amide bonds. The van der Waals surface area contributed by atoms with Gasteiger partial charge in [-0.05, 0) is 41.5 Å². The minimum atomic E-state index is -0.149. The van der Waals surface area contributed by atoms with Gasteiger partial charge in [-0.15, -0.1) is 0 Å². The number of halogens is 1. The summed E-state index contributed by atoms with van der Waals surface area (Å²) < 4.78 is 0. The van der Waals surface area contributed by atoms with E-state index in [2.05, 4.69) is 20.5 Å². The molecule has 5 rings (SSSR count). The third kappa shape index (κ3) is 3.19. The number of hydrogen-bond donors (Lipinski definition) is 2. The predicted octanol–water partition coefficient (Wildman–Crippen LogP) is 4.68. The Morgan fingerprint density at radius 3 is 2.48 bits per heavy atom. The van der Waals surface area contributed by atoms with Crippen LogP contribution in [0.2, 0.25) is 5.02 Å². The average molecular weight is 401 g/mol. The van der Waals surface area contributed by atoms with Gasteiger partial charge in [0.15, 0.2) is 0 Å². The maximum atomic E-state index is 13.1. The molecule has 3 heterocycles. The molecule has 0 saturated carbocycles. The van der Waals surface area contributed by atoms with E-state index < -0.39 is 0 Å². The SMILES string of the molecule is O=c1[nH]c2ccccc2c(-c2ccc(Cl)cc2)c1C1=NNC(c2ccncc2)C1. The summed E-state index contributed by atoms with van der Waals surface area (Å²) >= 11 is 6.10. The quantitative estimate of drug-likeness (QED) is 0.524. The summed E-state index contributed by atoms with van der Waals surface area (Å²) in [4.78, 5) is 20.2. The molecule has 0 radical (unpaired) electrons. The molecule has 4 aromatic rings. The van der Waals surface area contributed by atoms with E-state index in [1.165, 1.54) is 0 Å². The lowest BCUT2D eigenvalue weighted by Crippen LogP contribution is -2.20. The molecule has 1 aliphatic heterocycles. The minimum absolute atomic E-state index is 0.0111. The number of rotatable bonds is 3. The molecule has 2 N–H and O–H groups in total. The van der Waals surface area contributed by atoms with Crippen molar-refractivity contribution in [2.75, 3.05) is 0 Å². The predicted molar refractivity (Wildman–Crippen MR) is 116 cm³/mol. The summed E-state index contributed by atoms with van der Waals surface area (Å²) in [5.41, 5.74) is 8.04. The molecular formula is C23H17ClN4O. The summed E-state index contributed by atoms with van der Waals surface area (Å²) in [6, 6.07) is 19.3. The van der Waals surface area contributed by atoms with Crippen molar-refractivity contribution < 1.29 is 0 Å². The fourth-order valence-electron chi connectivity index (χ4n) is 3.82. The molecule has 0 fully saturated rings. The molecule has 2 aromatic heterocycles. The van der Waals surface area contributed by atoms with Gasteiger partial charge in [0.25, 0.3) is 5.56 Å². The van der Waals surface area contributed by atoms with Gasteiger partial charge in [-0.1, -0.05) is 41.9 Å². The van der Waals surface area contributed by atoms with Crippen molar-refractivity contribution in [3.05, 3.63) is 99.6 Å². The summed E-state index contributed by atoms with van der Waals surface area (Å²) in [5.74, 6) is 0. The van der Waals surface area contributed by atoms with Gasteiger partial charge >= 0.3 is 0 Å². The number of para-hydroxylation sites is 1. The van der Waals surface area contributed by atoms with E-state index in [0.29, 0.717) is 17.0 Å². The zero-order valence-corrected chi connectivity index (χ0v) is 16.1. The zero-order valence-electron chi connectivity index (χ0n) is 15.4. The zero-order chi connectivity index (χ0) is 19.8. The fraction of sp³-hybridized carbons (Fsp3) is 0.0870. The van der Waals surface area contributed by atoms with Crippen LogP contribution in [0.5, 0.6) is 0 Å². The van der Waals surface area contributed by atoms with Crippen LogP contribution in [0.4, 0.5) is 0 Å². The average Bonchev–Trinajstić information content (AvgIpc) is 3.24. The Bertz CT molecular complexity index is 1280. The molecule has 29 heavy (non-hydrogen) atoms. The molecule has 0 aliphatic carbocycles. The Morgan fingerprint density at radius 1 is 0.931 bits per heavy atom. The third-order valence-electron chi connectivity index (χ3n) is 5.20. The highest BCUT2D eigenvalue weighted by atomic mass is 35.5. The normalized spacial score (nSPS) is 15.9. The standard InChI is InChI=1S/C23H17ClN4O/c24-16-7-5-15(6-8-16)21-17-3-1-2-4-18(17)26-23(29)22(21)20-13-19(27-28-20)14-9-11-25-12-10-14/h1-12,19,27H,13H2,(H,26,29). The topological polar surface area (TPSA) is 70.1 Å². The van der Waals surface area contributed by atoms with Crippen molar-refractivity contribution in [1.82, 2.24) is 15.4 Å². The number of hydrazone groups is 1. The molecule has 1 unspecified atom stereocenters. The van der Waals surface area contributed by atoms with E-state index in [0.717, 1.165) is 33.3 Å². The first-order valence-electron chi connectivity index (χ1n) is 9.34. The lowest BCUT2D eigenvalue weighted by molar-refractivity contribution is 0.619. The molecule has 1 atom stereocenters. The molecular weight excluding hydrogens is 384 g/mol. The summed E-state index contributed by atoms with van der Waals surface area (Å²) in [6.07, 6.45) is 4.14. The molecule has 6 heteroatoms. The summed E-state index contributed by atoms with van der Waals surface area (Å²) in [7, 11) is 0. The molecule has 2 aromatic carbocycles. The molecule has 5 nitrogen and oxygen atoms in total. The molecule has 0 bridgehead atoms. The second-order valence-corrected chi connectivity index (χ2v) is 7.42. The van der Waals surface area contributed by atoms with Crippen molar-refractivity contribution in [3.8, 4) is 11.1 Å². The van der Waals surface area contributed by atoms with Crippen molar-refractivity contribution in [1.29, 1.82) is 0 Å². The number of aromatic nitrogens is 2. The summed E-state index contributed by atoms with van der Waals surface area (Å²) in [6.45, 7) is 0. The number of pyridine rings is 2. The van der Waals surface area contributed by atoms with E-state index in [1.54, 1.807) is 12.4 Å². The van der Waals surface area contributed by atoms with Gasteiger partial charge in [0.1, 0.15) is 0 Å². The minimum Gasteiger partial charge on any atom is -0.321 e. The van der Waals surface area contributed by atoms with E-state index in [9.17, 15) is 4.79 Å². The summed E-state index contributed by atoms with van der Waals surface area (Å²) in [5, 5.41) is 6.16. The maximum Gasteiger partial charge on any atom is 0.258 e. The van der Waals surface area contributed by atoms with Crippen molar-refractivity contribution in [3.63, 3.8) is 0 Å². The molecule has 1 aliphatic rings. The van der Waals surface area contributed by atoms with E-state index in [1.807, 2.05) is 60.7 Å². The monoisotopic (exact) mass is 400 g/mol. The fourth-order valence-corrected chi connectivity index (χ4v) is 3.95. The first kappa shape index (κ1) is 17.6. The maximum absolute atomic E-state index is 13.1. The van der Waals surface area contributed by atoms with Crippen molar-refractivity contribution in [2.24, 2.45) is 5.10 Å². The number of aromatic amines is 1. The number of hydrogen-bond acceptors (Lipinski definition) is 4. The van der Waals surface area contributed by atoms with Gasteiger partial charge in [-0.25, -0.2) is 0 Å². The second kappa shape index (κ2) is 7.18. The Hall–Kier alpha value is -3.44. The van der Waals surface area contributed by atoms with Crippen LogP contribution in [-0.4, -0.2) is 15.7 Å². The third-order valence-corrected chi connectivity index (χ3v) is 5.46. The van der Waals surface area contributed by atoms with Gasteiger partial charge in [-0.3, -0.25) is 9.78 Å². The molecule has 142 valence electrons. The van der Waals surface area contributed by atoms with Crippen LogP contribution >= 0.6 is 11.6 Å². The number of H-pyrrole nitrogens is 1. The largest absolute Gasteiger partial charge is 0.321 e. The first-order valence-corrected chi connectivity index (χ1v) is 9.72. The number of nitrogens with zero attached hydrogens (tertiary/aromatic N) is 2. The Balaban J connectivity index is 1.68. The van der Waals surface area contributed by atoms with E-state index in [-0.39, 0.29) is 11.6 Å². The Kier molecular flexibility index (Phi) is 4.37. The Morgan fingerprint density at radius 2 is 1.69 bits per heavy atom. The van der Waals surface area contributed by atoms with Gasteiger partial charge in [0.2, 0.25) is 0 Å². The van der Waals surface area contributed by atoms with Gasteiger partial charge in [-0.2, -0.15) is 5.10 Å². The molecule has 0 saturated heterocycles. The highest BCUT2D eigenvalue weighted by molar-refractivity contribution is 6.30. The smallest absolute Gasteiger partial charge is 0.258 e. The van der Waals surface area contributed by atoms with Crippen molar-refractivity contribution in [2.45, 2.75) is 12.5 Å². The lowest BCUT2D eigenvalue weighted by Gasteiger charge is -2.13. The van der Waals surface area contributed by atoms with Crippen LogP contribution in [0, 0.1) is 0 Å². The Labute approximate surface area is 172 Å². The van der Waals surface area contributed by atoms with Crippen LogP contribution in [0.15, 0.2) is 83.0 Å². The second-order valence-electron chi connectivity index (χ2n) is 6.98. The number of fused-ring (bicyclic) bond motifs is 1. The van der Waals surface area contributed by atoms with Gasteiger partial charge in [0, 0.05) is 40.3 Å². The van der Waals surface area contributed by atoms with Crippen LogP contribution < -0.4 is 11.0 Å². The highest BCUT2D eigenvalue weighted by Crippen LogP contribution is 2.33. The highest BCUT2D eigenvalue weighted by Gasteiger charge is 2.26. The van der Waals surface area contributed by atoms with Gasteiger partial charge in [0.05, 0.1) is 17.3 Å². The van der Waals surface area contributed by atoms with Crippen LogP contribution in [0.3, 0.4) is 0 Å². The van der Waals surface area contributed by atoms with Gasteiger partial charge < -0.3 is 10.4 Å².